The normalized spacial score (nSPS) is 14.2. The van der Waals surface area contributed by atoms with E-state index < -0.39 is 0 Å². The summed E-state index contributed by atoms with van der Waals surface area (Å²) in [6, 6.07) is 18.0. The zero-order valence-electron chi connectivity index (χ0n) is 14.2. The first-order chi connectivity index (χ1) is 12.7. The molecule has 26 heavy (non-hydrogen) atoms. The summed E-state index contributed by atoms with van der Waals surface area (Å²) in [5.41, 5.74) is 4.32. The molecule has 2 heterocycles. The monoisotopic (exact) mass is 347 g/mol. The van der Waals surface area contributed by atoms with Crippen molar-refractivity contribution in [2.45, 2.75) is 6.42 Å². The van der Waals surface area contributed by atoms with Gasteiger partial charge in [0.05, 0.1) is 5.69 Å². The summed E-state index contributed by atoms with van der Waals surface area (Å²) < 4.78 is 13.0. The Balaban J connectivity index is 1.47. The first kappa shape index (κ1) is 16.3. The highest BCUT2D eigenvalue weighted by Gasteiger charge is 2.21. The van der Waals surface area contributed by atoms with Crippen molar-refractivity contribution in [2.75, 3.05) is 13.1 Å². The van der Waals surface area contributed by atoms with E-state index in [4.69, 9.17) is 0 Å². The highest BCUT2D eigenvalue weighted by atomic mass is 19.1. The summed E-state index contributed by atoms with van der Waals surface area (Å²) in [5.74, 6) is -0.371. The van der Waals surface area contributed by atoms with E-state index in [2.05, 4.69) is 28.4 Å². The van der Waals surface area contributed by atoms with Crippen LogP contribution in [-0.2, 0) is 0 Å². The van der Waals surface area contributed by atoms with Crippen LogP contribution in [0.5, 0.6) is 0 Å². The minimum absolute atomic E-state index is 0.0748. The summed E-state index contributed by atoms with van der Waals surface area (Å²) in [7, 11) is 0. The second-order valence-electron chi connectivity index (χ2n) is 6.27. The number of carbonyl (C=O) groups is 1. The Labute approximate surface area is 151 Å². The number of halogens is 1. The number of benzene rings is 2. The number of carbonyl (C=O) groups excluding carboxylic acids is 1. The second kappa shape index (κ2) is 6.96. The van der Waals surface area contributed by atoms with E-state index in [1.165, 1.54) is 23.3 Å². The predicted molar refractivity (Wildman–Crippen MR) is 98.9 cm³/mol. The first-order valence-electron chi connectivity index (χ1n) is 8.56. The van der Waals surface area contributed by atoms with Crippen molar-refractivity contribution >= 4 is 11.5 Å². The highest BCUT2D eigenvalue weighted by molar-refractivity contribution is 5.94. The molecule has 0 spiro atoms. The Morgan fingerprint density at radius 2 is 1.81 bits per heavy atom. The van der Waals surface area contributed by atoms with Gasteiger partial charge in [-0.15, -0.1) is 0 Å². The molecule has 0 fully saturated rings. The van der Waals surface area contributed by atoms with Crippen molar-refractivity contribution in [1.82, 2.24) is 15.1 Å². The molecule has 2 aromatic carbocycles. The molecule has 1 aliphatic heterocycles. The fourth-order valence-electron chi connectivity index (χ4n) is 3.14. The van der Waals surface area contributed by atoms with E-state index in [0.29, 0.717) is 24.5 Å². The third kappa shape index (κ3) is 3.28. The Morgan fingerprint density at radius 1 is 1.04 bits per heavy atom. The van der Waals surface area contributed by atoms with Gasteiger partial charge in [-0.25, -0.2) is 4.39 Å². The van der Waals surface area contributed by atoms with Crippen LogP contribution in [-0.4, -0.2) is 34.1 Å². The van der Waals surface area contributed by atoms with Crippen molar-refractivity contribution in [2.24, 2.45) is 0 Å². The van der Waals surface area contributed by atoms with Crippen LogP contribution in [0.4, 0.5) is 4.39 Å². The quantitative estimate of drug-likeness (QED) is 0.774. The molecule has 0 saturated carbocycles. The van der Waals surface area contributed by atoms with Gasteiger partial charge >= 0.3 is 0 Å². The van der Waals surface area contributed by atoms with Crippen molar-refractivity contribution in [3.8, 4) is 11.3 Å². The standard InChI is InChI=1S/C21H18FN3O/c22-18-8-6-17(7-9-18)19-14-20(24-23-19)21(26)25-12-10-16(11-13-25)15-4-2-1-3-5-15/h1-10,14H,11-13H2,(H,23,24). The smallest absolute Gasteiger partial charge is 0.272 e. The Kier molecular flexibility index (Phi) is 4.35. The molecule has 1 aliphatic rings. The molecule has 4 nitrogen and oxygen atoms in total. The number of aromatic nitrogens is 2. The van der Waals surface area contributed by atoms with Crippen LogP contribution in [0.25, 0.3) is 16.8 Å². The lowest BCUT2D eigenvalue weighted by Crippen LogP contribution is -2.34. The van der Waals surface area contributed by atoms with Gasteiger partial charge in [-0.2, -0.15) is 5.10 Å². The zero-order valence-corrected chi connectivity index (χ0v) is 14.2. The van der Waals surface area contributed by atoms with Crippen LogP contribution in [0.15, 0.2) is 66.7 Å². The summed E-state index contributed by atoms with van der Waals surface area (Å²) in [5, 5.41) is 6.99. The number of nitrogens with zero attached hydrogens (tertiary/aromatic N) is 2. The zero-order chi connectivity index (χ0) is 17.9. The van der Waals surface area contributed by atoms with Crippen LogP contribution in [0.3, 0.4) is 0 Å². The molecule has 130 valence electrons. The van der Waals surface area contributed by atoms with E-state index in [1.54, 1.807) is 23.1 Å². The molecule has 4 rings (SSSR count). The molecule has 0 bridgehead atoms. The molecule has 1 N–H and O–H groups in total. The van der Waals surface area contributed by atoms with Crippen LogP contribution >= 0.6 is 0 Å². The topological polar surface area (TPSA) is 49.0 Å². The molecule has 5 heteroatoms. The van der Waals surface area contributed by atoms with Crippen molar-refractivity contribution < 1.29 is 9.18 Å². The summed E-state index contributed by atoms with van der Waals surface area (Å²) >= 11 is 0. The third-order valence-electron chi connectivity index (χ3n) is 4.59. The lowest BCUT2D eigenvalue weighted by molar-refractivity contribution is 0.0767. The second-order valence-corrected chi connectivity index (χ2v) is 6.27. The third-order valence-corrected chi connectivity index (χ3v) is 4.59. The van der Waals surface area contributed by atoms with Gasteiger partial charge in [0, 0.05) is 18.7 Å². The van der Waals surface area contributed by atoms with E-state index in [9.17, 15) is 9.18 Å². The van der Waals surface area contributed by atoms with E-state index in [-0.39, 0.29) is 11.7 Å². The summed E-state index contributed by atoms with van der Waals surface area (Å²) in [6.07, 6.45) is 2.93. The largest absolute Gasteiger partial charge is 0.333 e. The van der Waals surface area contributed by atoms with Gasteiger partial charge in [0.2, 0.25) is 0 Å². The summed E-state index contributed by atoms with van der Waals surface area (Å²) in [4.78, 5) is 14.5. The molecule has 0 radical (unpaired) electrons. The average Bonchev–Trinajstić information content (AvgIpc) is 3.19. The Bertz CT molecular complexity index is 945. The maximum atomic E-state index is 13.0. The SMILES string of the molecule is O=C(c1cc(-c2ccc(F)cc2)n[nH]1)N1CC=C(c2ccccc2)CC1. The van der Waals surface area contributed by atoms with Gasteiger partial charge in [0.25, 0.3) is 5.91 Å². The molecule has 0 aliphatic carbocycles. The molecule has 0 unspecified atom stereocenters. The summed E-state index contributed by atoms with van der Waals surface area (Å²) in [6.45, 7) is 1.25. The number of aromatic amines is 1. The maximum Gasteiger partial charge on any atom is 0.272 e. The highest BCUT2D eigenvalue weighted by Crippen LogP contribution is 2.24. The van der Waals surface area contributed by atoms with Crippen LogP contribution < -0.4 is 0 Å². The molecule has 3 aromatic rings. The number of hydrogen-bond acceptors (Lipinski definition) is 2. The van der Waals surface area contributed by atoms with Gasteiger partial charge in [0.1, 0.15) is 11.5 Å². The Morgan fingerprint density at radius 3 is 2.50 bits per heavy atom. The number of hydrogen-bond donors (Lipinski definition) is 1. The number of rotatable bonds is 3. The molecule has 1 amide bonds. The van der Waals surface area contributed by atoms with E-state index in [1.807, 2.05) is 18.2 Å². The minimum Gasteiger partial charge on any atom is -0.333 e. The van der Waals surface area contributed by atoms with Gasteiger partial charge in [-0.3, -0.25) is 9.89 Å². The van der Waals surface area contributed by atoms with Gasteiger partial charge < -0.3 is 4.90 Å². The number of H-pyrrole nitrogens is 1. The first-order valence-corrected chi connectivity index (χ1v) is 8.56. The fraction of sp³-hybridized carbons (Fsp3) is 0.143. The molecular formula is C21H18FN3O. The van der Waals surface area contributed by atoms with Gasteiger partial charge in [-0.05, 0) is 47.9 Å². The lowest BCUT2D eigenvalue weighted by Gasteiger charge is -2.26. The molecular weight excluding hydrogens is 329 g/mol. The minimum atomic E-state index is -0.296. The van der Waals surface area contributed by atoms with Crippen LogP contribution in [0.2, 0.25) is 0 Å². The van der Waals surface area contributed by atoms with Crippen molar-refractivity contribution in [1.29, 1.82) is 0 Å². The van der Waals surface area contributed by atoms with Crippen molar-refractivity contribution in [3.63, 3.8) is 0 Å². The molecule has 0 atom stereocenters. The van der Waals surface area contributed by atoms with Crippen LogP contribution in [0.1, 0.15) is 22.5 Å². The Hall–Kier alpha value is -3.21. The molecule has 0 saturated heterocycles. The lowest BCUT2D eigenvalue weighted by atomic mass is 9.99. The fourth-order valence-corrected chi connectivity index (χ4v) is 3.14. The molecule has 1 aromatic heterocycles. The van der Waals surface area contributed by atoms with E-state index >= 15 is 0 Å². The van der Waals surface area contributed by atoms with Gasteiger partial charge in [0.15, 0.2) is 0 Å². The van der Waals surface area contributed by atoms with Crippen LogP contribution in [0, 0.1) is 5.82 Å². The van der Waals surface area contributed by atoms with Gasteiger partial charge in [-0.1, -0.05) is 36.4 Å². The maximum absolute atomic E-state index is 13.0. The number of nitrogens with one attached hydrogen (secondary N) is 1. The van der Waals surface area contributed by atoms with Crippen molar-refractivity contribution in [3.05, 3.63) is 83.8 Å². The van der Waals surface area contributed by atoms with E-state index in [0.717, 1.165) is 12.0 Å². The average molecular weight is 347 g/mol. The predicted octanol–water partition coefficient (Wildman–Crippen LogP) is 4.15. The number of amides is 1.